The lowest BCUT2D eigenvalue weighted by atomic mass is 10.0. The molecule has 0 aliphatic carbocycles. The van der Waals surface area contributed by atoms with Crippen LogP contribution in [0.3, 0.4) is 0 Å². The van der Waals surface area contributed by atoms with E-state index in [9.17, 15) is 9.59 Å². The van der Waals surface area contributed by atoms with Gasteiger partial charge in [-0.1, -0.05) is 29.8 Å². The molecular formula is C17H17ClN2O3. The zero-order valence-electron chi connectivity index (χ0n) is 12.6. The summed E-state index contributed by atoms with van der Waals surface area (Å²) in [7, 11) is 0. The Bertz CT molecular complexity index is 732. The highest BCUT2D eigenvalue weighted by molar-refractivity contribution is 6.39. The number of benzene rings is 2. The molecule has 0 bridgehead atoms. The third kappa shape index (κ3) is 4.55. The predicted octanol–water partition coefficient (Wildman–Crippen LogP) is 2.36. The summed E-state index contributed by atoms with van der Waals surface area (Å²) in [5.41, 5.74) is 3.32. The van der Waals surface area contributed by atoms with Gasteiger partial charge in [0.2, 0.25) is 0 Å². The maximum Gasteiger partial charge on any atom is 0.313 e. The standard InChI is InChI=1S/C17H17ClN2O3/c1-11-9-13(12-3-2-4-14(18)10-12)5-6-15(11)20-17(23)16(22)19-7-8-21/h2-6,9-10,21H,7-8H2,1H3,(H,19,22)(H,20,23). The van der Waals surface area contributed by atoms with E-state index in [0.717, 1.165) is 16.7 Å². The number of aliphatic hydroxyl groups excluding tert-OH is 1. The van der Waals surface area contributed by atoms with Crippen LogP contribution in [0.15, 0.2) is 42.5 Å². The summed E-state index contributed by atoms with van der Waals surface area (Å²) >= 11 is 5.99. The minimum atomic E-state index is -0.780. The van der Waals surface area contributed by atoms with Crippen molar-refractivity contribution < 1.29 is 14.7 Å². The van der Waals surface area contributed by atoms with Gasteiger partial charge in [-0.25, -0.2) is 0 Å². The number of aryl methyl sites for hydroxylation is 1. The summed E-state index contributed by atoms with van der Waals surface area (Å²) in [6, 6.07) is 13.0. The maximum atomic E-state index is 11.7. The molecule has 0 saturated heterocycles. The number of halogens is 1. The second-order valence-electron chi connectivity index (χ2n) is 4.97. The van der Waals surface area contributed by atoms with E-state index in [1.807, 2.05) is 37.3 Å². The smallest absolute Gasteiger partial charge is 0.313 e. The van der Waals surface area contributed by atoms with Crippen molar-refractivity contribution in [3.8, 4) is 11.1 Å². The average Bonchev–Trinajstić information content (AvgIpc) is 2.54. The number of hydrogen-bond acceptors (Lipinski definition) is 3. The quantitative estimate of drug-likeness (QED) is 0.752. The minimum Gasteiger partial charge on any atom is -0.395 e. The van der Waals surface area contributed by atoms with Gasteiger partial charge in [0.15, 0.2) is 0 Å². The summed E-state index contributed by atoms with van der Waals surface area (Å²) in [4.78, 5) is 23.2. The average molecular weight is 333 g/mol. The molecule has 6 heteroatoms. The number of amides is 2. The molecule has 0 spiro atoms. The van der Waals surface area contributed by atoms with Gasteiger partial charge >= 0.3 is 11.8 Å². The van der Waals surface area contributed by atoms with Crippen molar-refractivity contribution >= 4 is 29.1 Å². The van der Waals surface area contributed by atoms with Crippen LogP contribution in [0.2, 0.25) is 5.02 Å². The normalized spacial score (nSPS) is 10.2. The van der Waals surface area contributed by atoms with E-state index in [2.05, 4.69) is 10.6 Å². The van der Waals surface area contributed by atoms with Crippen molar-refractivity contribution in [3.05, 3.63) is 53.1 Å². The Kier molecular flexibility index (Phi) is 5.73. The molecule has 0 radical (unpaired) electrons. The van der Waals surface area contributed by atoms with E-state index in [-0.39, 0.29) is 13.2 Å². The number of rotatable bonds is 4. The Morgan fingerprint density at radius 1 is 1.09 bits per heavy atom. The monoisotopic (exact) mass is 332 g/mol. The molecule has 2 aromatic rings. The minimum absolute atomic E-state index is 0.0406. The highest BCUT2D eigenvalue weighted by Gasteiger charge is 2.14. The summed E-state index contributed by atoms with van der Waals surface area (Å²) in [6.45, 7) is 1.67. The third-order valence-electron chi connectivity index (χ3n) is 3.24. The summed E-state index contributed by atoms with van der Waals surface area (Å²) in [6.07, 6.45) is 0. The zero-order chi connectivity index (χ0) is 16.8. The van der Waals surface area contributed by atoms with Crippen LogP contribution < -0.4 is 10.6 Å². The summed E-state index contributed by atoms with van der Waals surface area (Å²) in [5.74, 6) is -1.55. The van der Waals surface area contributed by atoms with E-state index >= 15 is 0 Å². The van der Waals surface area contributed by atoms with Crippen LogP contribution in [0.4, 0.5) is 5.69 Å². The van der Waals surface area contributed by atoms with Crippen LogP contribution in [0.1, 0.15) is 5.56 Å². The van der Waals surface area contributed by atoms with Crippen molar-refractivity contribution in [2.75, 3.05) is 18.5 Å². The number of carbonyl (C=O) groups excluding carboxylic acids is 2. The van der Waals surface area contributed by atoms with Gasteiger partial charge < -0.3 is 15.7 Å². The Morgan fingerprint density at radius 2 is 1.83 bits per heavy atom. The molecule has 2 aromatic carbocycles. The molecule has 0 atom stereocenters. The fourth-order valence-corrected chi connectivity index (χ4v) is 2.27. The molecule has 0 heterocycles. The number of anilines is 1. The van der Waals surface area contributed by atoms with Gasteiger partial charge in [0.05, 0.1) is 6.61 Å². The molecule has 0 saturated carbocycles. The fourth-order valence-electron chi connectivity index (χ4n) is 2.08. The highest BCUT2D eigenvalue weighted by atomic mass is 35.5. The molecule has 2 amide bonds. The van der Waals surface area contributed by atoms with Crippen LogP contribution in [0, 0.1) is 6.92 Å². The Labute approximate surface area is 139 Å². The molecular weight excluding hydrogens is 316 g/mol. The van der Waals surface area contributed by atoms with Crippen molar-refractivity contribution in [2.45, 2.75) is 6.92 Å². The first-order chi connectivity index (χ1) is 11.0. The van der Waals surface area contributed by atoms with Gasteiger partial charge in [-0.2, -0.15) is 0 Å². The Hall–Kier alpha value is -2.37. The lowest BCUT2D eigenvalue weighted by Gasteiger charge is -2.10. The van der Waals surface area contributed by atoms with E-state index in [1.165, 1.54) is 0 Å². The predicted molar refractivity (Wildman–Crippen MR) is 90.4 cm³/mol. The zero-order valence-corrected chi connectivity index (χ0v) is 13.4. The van der Waals surface area contributed by atoms with Crippen molar-refractivity contribution in [3.63, 3.8) is 0 Å². The lowest BCUT2D eigenvalue weighted by molar-refractivity contribution is -0.136. The number of aliphatic hydroxyl groups is 1. The first-order valence-corrected chi connectivity index (χ1v) is 7.45. The second kappa shape index (κ2) is 7.76. The Balaban J connectivity index is 2.14. The molecule has 5 nitrogen and oxygen atoms in total. The largest absolute Gasteiger partial charge is 0.395 e. The first-order valence-electron chi connectivity index (χ1n) is 7.08. The molecule has 0 aliphatic heterocycles. The molecule has 3 N–H and O–H groups in total. The van der Waals surface area contributed by atoms with Gasteiger partial charge in [0.1, 0.15) is 0 Å². The maximum absolute atomic E-state index is 11.7. The van der Waals surface area contributed by atoms with Crippen LogP contribution in [-0.2, 0) is 9.59 Å². The second-order valence-corrected chi connectivity index (χ2v) is 5.41. The van der Waals surface area contributed by atoms with Crippen LogP contribution >= 0.6 is 11.6 Å². The van der Waals surface area contributed by atoms with Crippen LogP contribution in [-0.4, -0.2) is 30.1 Å². The molecule has 2 rings (SSSR count). The van der Waals surface area contributed by atoms with Gasteiger partial charge in [-0.15, -0.1) is 0 Å². The SMILES string of the molecule is Cc1cc(-c2cccc(Cl)c2)ccc1NC(=O)C(=O)NCCO. The first kappa shape index (κ1) is 17.0. The van der Waals surface area contributed by atoms with Crippen LogP contribution in [0.5, 0.6) is 0 Å². The molecule has 120 valence electrons. The van der Waals surface area contributed by atoms with E-state index in [1.54, 1.807) is 12.1 Å². The fraction of sp³-hybridized carbons (Fsp3) is 0.176. The molecule has 0 aromatic heterocycles. The van der Waals surface area contributed by atoms with Crippen molar-refractivity contribution in [1.29, 1.82) is 0 Å². The molecule has 0 unspecified atom stereocenters. The Morgan fingerprint density at radius 3 is 2.48 bits per heavy atom. The van der Waals surface area contributed by atoms with E-state index in [4.69, 9.17) is 16.7 Å². The topological polar surface area (TPSA) is 78.4 Å². The van der Waals surface area contributed by atoms with Gasteiger partial charge in [-0.05, 0) is 47.9 Å². The third-order valence-corrected chi connectivity index (χ3v) is 3.47. The number of nitrogens with one attached hydrogen (secondary N) is 2. The number of hydrogen-bond donors (Lipinski definition) is 3. The van der Waals surface area contributed by atoms with Crippen molar-refractivity contribution in [2.24, 2.45) is 0 Å². The molecule has 0 fully saturated rings. The van der Waals surface area contributed by atoms with E-state index in [0.29, 0.717) is 10.7 Å². The van der Waals surface area contributed by atoms with Gasteiger partial charge in [0, 0.05) is 17.3 Å². The number of carbonyl (C=O) groups is 2. The van der Waals surface area contributed by atoms with Gasteiger partial charge in [0.25, 0.3) is 0 Å². The van der Waals surface area contributed by atoms with Gasteiger partial charge in [-0.3, -0.25) is 9.59 Å². The van der Waals surface area contributed by atoms with Crippen LogP contribution in [0.25, 0.3) is 11.1 Å². The van der Waals surface area contributed by atoms with Crippen molar-refractivity contribution in [1.82, 2.24) is 5.32 Å². The molecule has 23 heavy (non-hydrogen) atoms. The highest BCUT2D eigenvalue weighted by Crippen LogP contribution is 2.26. The summed E-state index contributed by atoms with van der Waals surface area (Å²) in [5, 5.41) is 14.1. The van der Waals surface area contributed by atoms with E-state index < -0.39 is 11.8 Å². The summed E-state index contributed by atoms with van der Waals surface area (Å²) < 4.78 is 0. The lowest BCUT2D eigenvalue weighted by Crippen LogP contribution is -2.36. The molecule has 0 aliphatic rings.